The average molecular weight is 410 g/mol. The maximum Gasteiger partial charge on any atom is 0.251 e. The van der Waals surface area contributed by atoms with Gasteiger partial charge in [0.05, 0.1) is 11.6 Å². The lowest BCUT2D eigenvalue weighted by Crippen LogP contribution is -2.50. The molecule has 0 bridgehead atoms. The van der Waals surface area contributed by atoms with E-state index in [1.807, 2.05) is 44.2 Å². The Morgan fingerprint density at radius 3 is 2.48 bits per heavy atom. The highest BCUT2D eigenvalue weighted by Gasteiger charge is 2.25. The molecule has 0 fully saturated rings. The molecule has 29 heavy (non-hydrogen) atoms. The number of thioether (sulfide) groups is 1. The number of nitrogens with one attached hydrogen (secondary N) is 2. The number of hydrogen-bond acceptors (Lipinski definition) is 4. The van der Waals surface area contributed by atoms with Gasteiger partial charge in [0.1, 0.15) is 6.04 Å². The summed E-state index contributed by atoms with van der Waals surface area (Å²) in [6.45, 7) is 4.47. The van der Waals surface area contributed by atoms with Gasteiger partial charge in [-0.05, 0) is 29.7 Å². The molecule has 0 radical (unpaired) electrons. The van der Waals surface area contributed by atoms with E-state index in [9.17, 15) is 9.59 Å². The third kappa shape index (κ3) is 6.95. The molecule has 2 aromatic rings. The molecular weight excluding hydrogens is 382 g/mol. The molecule has 2 atom stereocenters. The number of carbonyl (C=O) groups excluding carboxylic acids is 2. The molecule has 0 aliphatic heterocycles. The molecule has 2 rings (SSSR count). The Labute approximate surface area is 176 Å². The van der Waals surface area contributed by atoms with Crippen molar-refractivity contribution in [2.45, 2.75) is 32.1 Å². The lowest BCUT2D eigenvalue weighted by molar-refractivity contribution is -0.124. The van der Waals surface area contributed by atoms with E-state index in [0.717, 1.165) is 23.5 Å². The number of benzene rings is 2. The molecule has 0 aliphatic carbocycles. The smallest absolute Gasteiger partial charge is 0.251 e. The second-order valence-corrected chi connectivity index (χ2v) is 7.92. The molecule has 2 amide bonds. The van der Waals surface area contributed by atoms with Crippen LogP contribution in [-0.2, 0) is 10.5 Å². The van der Waals surface area contributed by atoms with Crippen molar-refractivity contribution in [1.82, 2.24) is 10.6 Å². The first-order valence-electron chi connectivity index (χ1n) is 9.76. The van der Waals surface area contributed by atoms with Gasteiger partial charge >= 0.3 is 0 Å². The first-order valence-corrected chi connectivity index (χ1v) is 10.9. The van der Waals surface area contributed by atoms with E-state index in [1.165, 1.54) is 0 Å². The van der Waals surface area contributed by atoms with Crippen LogP contribution >= 0.6 is 11.8 Å². The first kappa shape index (κ1) is 22.5. The van der Waals surface area contributed by atoms with Gasteiger partial charge in [-0.1, -0.05) is 56.7 Å². The van der Waals surface area contributed by atoms with Crippen LogP contribution in [0.15, 0.2) is 54.6 Å². The van der Waals surface area contributed by atoms with Gasteiger partial charge in [0.2, 0.25) is 5.91 Å². The summed E-state index contributed by atoms with van der Waals surface area (Å²) in [7, 11) is 0. The second kappa shape index (κ2) is 11.9. The third-order valence-electron chi connectivity index (χ3n) is 4.76. The molecule has 5 nitrogen and oxygen atoms in total. The Morgan fingerprint density at radius 1 is 1.10 bits per heavy atom. The van der Waals surface area contributed by atoms with Crippen LogP contribution in [-0.4, -0.2) is 30.2 Å². The van der Waals surface area contributed by atoms with Crippen LogP contribution in [0.3, 0.4) is 0 Å². The van der Waals surface area contributed by atoms with Gasteiger partial charge in [0.25, 0.3) is 5.91 Å². The highest BCUT2D eigenvalue weighted by atomic mass is 32.2. The van der Waals surface area contributed by atoms with Crippen LogP contribution in [0.2, 0.25) is 0 Å². The maximum atomic E-state index is 12.7. The quantitative estimate of drug-likeness (QED) is 0.586. The van der Waals surface area contributed by atoms with Crippen LogP contribution in [0.5, 0.6) is 0 Å². The SMILES string of the molecule is CC[C@H](C)[C@H](NC(=O)c1ccccc1)C(=O)NCCSCc1ccccc1C#N. The summed E-state index contributed by atoms with van der Waals surface area (Å²) in [6.07, 6.45) is 0.785. The van der Waals surface area contributed by atoms with Crippen molar-refractivity contribution < 1.29 is 9.59 Å². The van der Waals surface area contributed by atoms with E-state index in [4.69, 9.17) is 5.26 Å². The van der Waals surface area contributed by atoms with Crippen LogP contribution in [0.4, 0.5) is 0 Å². The molecule has 152 valence electrons. The van der Waals surface area contributed by atoms with E-state index in [0.29, 0.717) is 17.7 Å². The lowest BCUT2D eigenvalue weighted by atomic mass is 9.98. The maximum absolute atomic E-state index is 12.7. The summed E-state index contributed by atoms with van der Waals surface area (Å²) in [4.78, 5) is 25.1. The van der Waals surface area contributed by atoms with Crippen molar-refractivity contribution in [3.05, 3.63) is 71.3 Å². The normalized spacial score (nSPS) is 12.4. The van der Waals surface area contributed by atoms with Crippen molar-refractivity contribution in [2.24, 2.45) is 5.92 Å². The summed E-state index contributed by atoms with van der Waals surface area (Å²) in [5.41, 5.74) is 2.23. The number of hydrogen-bond donors (Lipinski definition) is 2. The van der Waals surface area contributed by atoms with Crippen molar-refractivity contribution >= 4 is 23.6 Å². The minimum absolute atomic E-state index is 0.0258. The molecule has 0 heterocycles. The number of nitriles is 1. The monoisotopic (exact) mass is 409 g/mol. The number of rotatable bonds is 10. The van der Waals surface area contributed by atoms with Gasteiger partial charge in [-0.15, -0.1) is 0 Å². The minimum atomic E-state index is -0.572. The summed E-state index contributed by atoms with van der Waals surface area (Å²) in [5.74, 6) is 1.07. The van der Waals surface area contributed by atoms with Crippen molar-refractivity contribution in [3.8, 4) is 6.07 Å². The average Bonchev–Trinajstić information content (AvgIpc) is 2.77. The molecule has 0 spiro atoms. The highest BCUT2D eigenvalue weighted by Crippen LogP contribution is 2.15. The molecule has 2 N–H and O–H groups in total. The molecule has 2 aromatic carbocycles. The van der Waals surface area contributed by atoms with E-state index in [-0.39, 0.29) is 17.7 Å². The van der Waals surface area contributed by atoms with Crippen LogP contribution in [0, 0.1) is 17.2 Å². The zero-order valence-electron chi connectivity index (χ0n) is 16.9. The van der Waals surface area contributed by atoms with Gasteiger partial charge in [-0.3, -0.25) is 9.59 Å². The second-order valence-electron chi connectivity index (χ2n) is 6.82. The highest BCUT2D eigenvalue weighted by molar-refractivity contribution is 7.98. The Hall–Kier alpha value is -2.78. The molecule has 6 heteroatoms. The van der Waals surface area contributed by atoms with Crippen LogP contribution in [0.1, 0.15) is 41.8 Å². The summed E-state index contributed by atoms with van der Waals surface area (Å²) >= 11 is 1.66. The topological polar surface area (TPSA) is 82.0 Å². The van der Waals surface area contributed by atoms with E-state index in [1.54, 1.807) is 36.0 Å². The van der Waals surface area contributed by atoms with Gasteiger partial charge in [-0.2, -0.15) is 17.0 Å². The van der Waals surface area contributed by atoms with Crippen molar-refractivity contribution in [1.29, 1.82) is 5.26 Å². The standard InChI is InChI=1S/C23H27N3O2S/c1-3-17(2)21(26-22(27)18-9-5-4-6-10-18)23(28)25-13-14-29-16-20-12-8-7-11-19(20)15-24/h4-12,17,21H,3,13-14,16H2,1-2H3,(H,25,28)(H,26,27)/t17-,21-/m0/s1. The first-order chi connectivity index (χ1) is 14.1. The minimum Gasteiger partial charge on any atom is -0.353 e. The predicted molar refractivity (Wildman–Crippen MR) is 117 cm³/mol. The molecule has 0 aromatic heterocycles. The van der Waals surface area contributed by atoms with E-state index < -0.39 is 6.04 Å². The predicted octanol–water partition coefficient (Wildman–Crippen LogP) is 3.75. The Kier molecular flexibility index (Phi) is 9.26. The summed E-state index contributed by atoms with van der Waals surface area (Å²) < 4.78 is 0. The lowest BCUT2D eigenvalue weighted by Gasteiger charge is -2.23. The summed E-state index contributed by atoms with van der Waals surface area (Å²) in [6, 6.07) is 18.1. The van der Waals surface area contributed by atoms with Crippen molar-refractivity contribution in [2.75, 3.05) is 12.3 Å². The van der Waals surface area contributed by atoms with E-state index in [2.05, 4.69) is 16.7 Å². The van der Waals surface area contributed by atoms with Crippen molar-refractivity contribution in [3.63, 3.8) is 0 Å². The zero-order valence-corrected chi connectivity index (χ0v) is 17.7. The fourth-order valence-electron chi connectivity index (χ4n) is 2.81. The molecule has 0 aliphatic rings. The van der Waals surface area contributed by atoms with Crippen LogP contribution < -0.4 is 10.6 Å². The fraction of sp³-hybridized carbons (Fsp3) is 0.348. The number of carbonyl (C=O) groups is 2. The zero-order chi connectivity index (χ0) is 21.1. The Morgan fingerprint density at radius 2 is 1.79 bits per heavy atom. The third-order valence-corrected chi connectivity index (χ3v) is 5.77. The number of amides is 2. The number of nitrogens with zero attached hydrogens (tertiary/aromatic N) is 1. The molecule has 0 saturated heterocycles. The van der Waals surface area contributed by atoms with Gasteiger partial charge < -0.3 is 10.6 Å². The van der Waals surface area contributed by atoms with Crippen LogP contribution in [0.25, 0.3) is 0 Å². The largest absolute Gasteiger partial charge is 0.353 e. The molecule has 0 saturated carbocycles. The summed E-state index contributed by atoms with van der Waals surface area (Å²) in [5, 5.41) is 14.9. The van der Waals surface area contributed by atoms with Gasteiger partial charge in [0.15, 0.2) is 0 Å². The Bertz CT molecular complexity index is 849. The fourth-order valence-corrected chi connectivity index (χ4v) is 3.67. The van der Waals surface area contributed by atoms with Gasteiger partial charge in [-0.25, -0.2) is 0 Å². The Balaban J connectivity index is 1.83. The van der Waals surface area contributed by atoms with Gasteiger partial charge in [0, 0.05) is 23.6 Å². The van der Waals surface area contributed by atoms with E-state index >= 15 is 0 Å². The molecule has 0 unspecified atom stereocenters. The molecular formula is C23H27N3O2S.